The summed E-state index contributed by atoms with van der Waals surface area (Å²) in [6.07, 6.45) is 1.15. The molecule has 0 spiro atoms. The molecule has 2 N–H and O–H groups in total. The topological polar surface area (TPSA) is 107 Å². The molecule has 0 radical (unpaired) electrons. The summed E-state index contributed by atoms with van der Waals surface area (Å²) in [5, 5.41) is 7.97. The van der Waals surface area contributed by atoms with Crippen LogP contribution in [0, 0.1) is 0 Å². The number of carbonyl (C=O) groups is 1. The molecule has 0 bridgehead atoms. The molecular formula is C18H15N3O5S2. The molecule has 1 aliphatic heterocycles. The molecule has 1 aliphatic rings. The zero-order valence-electron chi connectivity index (χ0n) is 14.6. The van der Waals surface area contributed by atoms with Crippen molar-refractivity contribution in [2.24, 2.45) is 0 Å². The third-order valence-electron chi connectivity index (χ3n) is 3.90. The molecule has 0 saturated carbocycles. The number of thiazole rings is 1. The first-order valence-electron chi connectivity index (χ1n) is 8.12. The predicted molar refractivity (Wildman–Crippen MR) is 105 cm³/mol. The summed E-state index contributed by atoms with van der Waals surface area (Å²) < 4.78 is 33.5. The summed E-state index contributed by atoms with van der Waals surface area (Å²) in [7, 11) is -3.24. The van der Waals surface area contributed by atoms with E-state index in [2.05, 4.69) is 15.6 Å². The first kappa shape index (κ1) is 18.3. The highest BCUT2D eigenvalue weighted by atomic mass is 32.2. The highest BCUT2D eigenvalue weighted by molar-refractivity contribution is 7.90. The van der Waals surface area contributed by atoms with Gasteiger partial charge in [0.2, 0.25) is 6.79 Å². The van der Waals surface area contributed by atoms with Crippen LogP contribution in [0.4, 0.5) is 16.5 Å². The van der Waals surface area contributed by atoms with Gasteiger partial charge in [-0.25, -0.2) is 13.4 Å². The molecule has 0 unspecified atom stereocenters. The van der Waals surface area contributed by atoms with Crippen LogP contribution in [0.5, 0.6) is 11.5 Å². The van der Waals surface area contributed by atoms with Gasteiger partial charge in [0.15, 0.2) is 26.5 Å². The maximum atomic E-state index is 12.4. The zero-order chi connectivity index (χ0) is 19.7. The average Bonchev–Trinajstić information content (AvgIpc) is 3.30. The fraction of sp³-hybridized carbons (Fsp3) is 0.111. The lowest BCUT2D eigenvalue weighted by Gasteiger charge is -2.05. The Kier molecular flexibility index (Phi) is 4.65. The first-order chi connectivity index (χ1) is 13.4. The lowest BCUT2D eigenvalue weighted by molar-refractivity contribution is 0.102. The third kappa shape index (κ3) is 3.92. The quantitative estimate of drug-likeness (QED) is 0.656. The van der Waals surface area contributed by atoms with Gasteiger partial charge in [-0.15, -0.1) is 11.3 Å². The van der Waals surface area contributed by atoms with Crippen molar-refractivity contribution in [1.82, 2.24) is 4.98 Å². The van der Waals surface area contributed by atoms with Gasteiger partial charge in [0.1, 0.15) is 5.69 Å². The van der Waals surface area contributed by atoms with E-state index < -0.39 is 9.84 Å². The number of rotatable bonds is 5. The molecule has 28 heavy (non-hydrogen) atoms. The van der Waals surface area contributed by atoms with Crippen molar-refractivity contribution in [2.45, 2.75) is 4.90 Å². The van der Waals surface area contributed by atoms with Crippen molar-refractivity contribution in [3.05, 3.63) is 53.5 Å². The molecule has 0 fully saturated rings. The normalized spacial score (nSPS) is 12.6. The van der Waals surface area contributed by atoms with Gasteiger partial charge in [-0.3, -0.25) is 4.79 Å². The Labute approximate surface area is 165 Å². The molecule has 8 nitrogen and oxygen atoms in total. The van der Waals surface area contributed by atoms with Crippen LogP contribution in [0.3, 0.4) is 0 Å². The smallest absolute Gasteiger partial charge is 0.275 e. The molecule has 1 amide bonds. The minimum Gasteiger partial charge on any atom is -0.454 e. The fourth-order valence-electron chi connectivity index (χ4n) is 2.51. The van der Waals surface area contributed by atoms with Crippen LogP contribution < -0.4 is 20.1 Å². The second-order valence-corrected chi connectivity index (χ2v) is 8.86. The highest BCUT2D eigenvalue weighted by Gasteiger charge is 2.16. The van der Waals surface area contributed by atoms with Crippen molar-refractivity contribution in [2.75, 3.05) is 23.7 Å². The number of amides is 1. The summed E-state index contributed by atoms with van der Waals surface area (Å²) in [5.74, 6) is 0.867. The number of carbonyl (C=O) groups excluding carboxylic acids is 1. The molecule has 1 aromatic heterocycles. The van der Waals surface area contributed by atoms with Gasteiger partial charge in [-0.1, -0.05) is 0 Å². The van der Waals surface area contributed by atoms with Crippen molar-refractivity contribution in [1.29, 1.82) is 0 Å². The van der Waals surface area contributed by atoms with Crippen LogP contribution >= 0.6 is 11.3 Å². The molecule has 2 heterocycles. The number of sulfone groups is 1. The summed E-state index contributed by atoms with van der Waals surface area (Å²) in [4.78, 5) is 16.9. The Balaban J connectivity index is 1.43. The number of fused-ring (bicyclic) bond motifs is 1. The van der Waals surface area contributed by atoms with Gasteiger partial charge in [-0.2, -0.15) is 0 Å². The van der Waals surface area contributed by atoms with Gasteiger partial charge in [-0.05, 0) is 36.4 Å². The molecule has 0 aliphatic carbocycles. The number of nitrogens with zero attached hydrogens (tertiary/aromatic N) is 1. The minimum atomic E-state index is -3.24. The van der Waals surface area contributed by atoms with E-state index in [0.29, 0.717) is 28.0 Å². The number of ether oxygens (including phenoxy) is 2. The van der Waals surface area contributed by atoms with Gasteiger partial charge in [0, 0.05) is 29.1 Å². The highest BCUT2D eigenvalue weighted by Crippen LogP contribution is 2.34. The largest absolute Gasteiger partial charge is 0.454 e. The number of nitrogens with one attached hydrogen (secondary N) is 2. The van der Waals surface area contributed by atoms with Crippen molar-refractivity contribution >= 4 is 43.6 Å². The molecule has 0 atom stereocenters. The van der Waals surface area contributed by atoms with Crippen LogP contribution in [0.15, 0.2) is 52.7 Å². The maximum absolute atomic E-state index is 12.4. The van der Waals surface area contributed by atoms with E-state index >= 15 is 0 Å². The fourth-order valence-corrected chi connectivity index (χ4v) is 3.86. The van der Waals surface area contributed by atoms with E-state index in [-0.39, 0.29) is 23.3 Å². The minimum absolute atomic E-state index is 0.166. The van der Waals surface area contributed by atoms with E-state index in [4.69, 9.17) is 9.47 Å². The molecule has 3 aromatic rings. The SMILES string of the molecule is CS(=O)(=O)c1ccc(Nc2nc(C(=O)Nc3ccc4c(c3)OCO4)cs2)cc1. The Bertz CT molecular complexity index is 1140. The van der Waals surface area contributed by atoms with Gasteiger partial charge < -0.3 is 20.1 Å². The van der Waals surface area contributed by atoms with Crippen molar-refractivity contribution < 1.29 is 22.7 Å². The van der Waals surface area contributed by atoms with Crippen molar-refractivity contribution in [3.8, 4) is 11.5 Å². The standard InChI is InChI=1S/C18H15N3O5S2/c1-28(23,24)13-5-2-11(3-6-13)20-18-21-14(9-27-18)17(22)19-12-4-7-15-16(8-12)26-10-25-15/h2-9H,10H2,1H3,(H,19,22)(H,20,21). The van der Waals surface area contributed by atoms with E-state index in [1.165, 1.54) is 23.5 Å². The van der Waals surface area contributed by atoms with Gasteiger partial charge >= 0.3 is 0 Å². The predicted octanol–water partition coefficient (Wildman–Crippen LogP) is 3.27. The second-order valence-electron chi connectivity index (χ2n) is 5.98. The zero-order valence-corrected chi connectivity index (χ0v) is 16.3. The lowest BCUT2D eigenvalue weighted by atomic mass is 10.2. The molecule has 0 saturated heterocycles. The Morgan fingerprint density at radius 3 is 2.54 bits per heavy atom. The maximum Gasteiger partial charge on any atom is 0.275 e. The summed E-state index contributed by atoms with van der Waals surface area (Å²) in [5.41, 5.74) is 1.51. The van der Waals surface area contributed by atoms with Crippen LogP contribution in [0.25, 0.3) is 0 Å². The molecule has 4 rings (SSSR count). The van der Waals surface area contributed by atoms with Crippen LogP contribution in [-0.4, -0.2) is 32.4 Å². The van der Waals surface area contributed by atoms with Crippen LogP contribution in [0.1, 0.15) is 10.5 Å². The first-order valence-corrected chi connectivity index (χ1v) is 10.9. The number of benzene rings is 2. The Morgan fingerprint density at radius 2 is 1.79 bits per heavy atom. The summed E-state index contributed by atoms with van der Waals surface area (Å²) in [6, 6.07) is 11.5. The number of hydrogen-bond donors (Lipinski definition) is 2. The number of hydrogen-bond acceptors (Lipinski definition) is 8. The summed E-state index contributed by atoms with van der Waals surface area (Å²) >= 11 is 1.27. The van der Waals surface area contributed by atoms with E-state index in [1.807, 2.05) is 0 Å². The number of aromatic nitrogens is 1. The summed E-state index contributed by atoms with van der Waals surface area (Å²) in [6.45, 7) is 0.166. The van der Waals surface area contributed by atoms with E-state index in [9.17, 15) is 13.2 Å². The van der Waals surface area contributed by atoms with E-state index in [1.54, 1.807) is 35.7 Å². The van der Waals surface area contributed by atoms with Crippen LogP contribution in [-0.2, 0) is 9.84 Å². The molecule has 144 valence electrons. The molecule has 2 aromatic carbocycles. The average molecular weight is 417 g/mol. The van der Waals surface area contributed by atoms with E-state index in [0.717, 1.165) is 6.26 Å². The monoisotopic (exact) mass is 417 g/mol. The third-order valence-corrected chi connectivity index (χ3v) is 5.79. The Hall–Kier alpha value is -3.11. The lowest BCUT2D eigenvalue weighted by Crippen LogP contribution is -2.12. The molecule has 10 heteroatoms. The van der Waals surface area contributed by atoms with Gasteiger partial charge in [0.05, 0.1) is 4.90 Å². The van der Waals surface area contributed by atoms with Crippen molar-refractivity contribution in [3.63, 3.8) is 0 Å². The molecular weight excluding hydrogens is 402 g/mol. The second kappa shape index (κ2) is 7.13. The Morgan fingerprint density at radius 1 is 1.07 bits per heavy atom. The number of anilines is 3. The van der Waals surface area contributed by atoms with Crippen LogP contribution in [0.2, 0.25) is 0 Å². The van der Waals surface area contributed by atoms with Gasteiger partial charge in [0.25, 0.3) is 5.91 Å².